The SMILES string of the molecule is CC(=O)N[C@H]1C[C@H](c2nncs2)C1. The van der Waals surface area contributed by atoms with Gasteiger partial charge in [-0.25, -0.2) is 0 Å². The van der Waals surface area contributed by atoms with Gasteiger partial charge in [-0.2, -0.15) is 0 Å². The molecule has 0 aliphatic heterocycles. The second-order valence-electron chi connectivity index (χ2n) is 3.34. The summed E-state index contributed by atoms with van der Waals surface area (Å²) in [5.41, 5.74) is 1.75. The Morgan fingerprint density at radius 1 is 1.69 bits per heavy atom. The van der Waals surface area contributed by atoms with Gasteiger partial charge in [0.2, 0.25) is 5.91 Å². The first-order valence-electron chi connectivity index (χ1n) is 4.29. The maximum absolute atomic E-state index is 10.7. The number of aromatic nitrogens is 2. The quantitative estimate of drug-likeness (QED) is 0.767. The summed E-state index contributed by atoms with van der Waals surface area (Å²) < 4.78 is 0. The van der Waals surface area contributed by atoms with Crippen LogP contribution < -0.4 is 5.32 Å². The number of rotatable bonds is 2. The van der Waals surface area contributed by atoms with Gasteiger partial charge >= 0.3 is 0 Å². The third-order valence-electron chi connectivity index (χ3n) is 2.27. The molecule has 1 saturated carbocycles. The molecule has 1 heterocycles. The summed E-state index contributed by atoms with van der Waals surface area (Å²) in [7, 11) is 0. The largest absolute Gasteiger partial charge is 0.354 e. The van der Waals surface area contributed by atoms with Crippen LogP contribution >= 0.6 is 11.3 Å². The van der Waals surface area contributed by atoms with Crippen molar-refractivity contribution in [2.75, 3.05) is 0 Å². The van der Waals surface area contributed by atoms with Crippen LogP contribution in [-0.2, 0) is 4.79 Å². The van der Waals surface area contributed by atoms with E-state index in [0.29, 0.717) is 12.0 Å². The molecule has 0 bridgehead atoms. The summed E-state index contributed by atoms with van der Waals surface area (Å²) in [5.74, 6) is 0.574. The summed E-state index contributed by atoms with van der Waals surface area (Å²) in [6, 6.07) is 0.353. The van der Waals surface area contributed by atoms with Gasteiger partial charge in [0.15, 0.2) is 0 Å². The highest BCUT2D eigenvalue weighted by molar-refractivity contribution is 7.09. The fourth-order valence-electron chi connectivity index (χ4n) is 1.58. The molecule has 4 nitrogen and oxygen atoms in total. The van der Waals surface area contributed by atoms with Crippen molar-refractivity contribution in [3.63, 3.8) is 0 Å². The Kier molecular flexibility index (Phi) is 2.26. The number of carbonyl (C=O) groups is 1. The van der Waals surface area contributed by atoms with E-state index in [-0.39, 0.29) is 5.91 Å². The van der Waals surface area contributed by atoms with Crippen molar-refractivity contribution >= 4 is 17.2 Å². The zero-order valence-electron chi connectivity index (χ0n) is 7.36. The van der Waals surface area contributed by atoms with Crippen LogP contribution in [0.3, 0.4) is 0 Å². The van der Waals surface area contributed by atoms with Crippen LogP contribution in [0.4, 0.5) is 0 Å². The first-order valence-corrected chi connectivity index (χ1v) is 5.17. The summed E-state index contributed by atoms with van der Waals surface area (Å²) in [6.45, 7) is 1.55. The number of nitrogens with zero attached hydrogens (tertiary/aromatic N) is 2. The molecule has 1 amide bonds. The molecule has 70 valence electrons. The van der Waals surface area contributed by atoms with E-state index < -0.39 is 0 Å². The third-order valence-corrected chi connectivity index (χ3v) is 3.13. The molecule has 0 aromatic carbocycles. The molecule has 5 heteroatoms. The summed E-state index contributed by atoms with van der Waals surface area (Å²) in [5, 5.41) is 11.8. The minimum Gasteiger partial charge on any atom is -0.354 e. The van der Waals surface area contributed by atoms with Gasteiger partial charge in [-0.1, -0.05) is 0 Å². The van der Waals surface area contributed by atoms with E-state index in [1.54, 1.807) is 23.8 Å². The molecule has 0 radical (unpaired) electrons. The predicted octanol–water partition coefficient (Wildman–Crippen LogP) is 0.920. The fraction of sp³-hybridized carbons (Fsp3) is 0.625. The van der Waals surface area contributed by atoms with Crippen molar-refractivity contribution in [3.05, 3.63) is 10.5 Å². The summed E-state index contributed by atoms with van der Waals surface area (Å²) >= 11 is 1.59. The Morgan fingerprint density at radius 3 is 3.00 bits per heavy atom. The van der Waals surface area contributed by atoms with E-state index in [0.717, 1.165) is 17.8 Å². The fourth-order valence-corrected chi connectivity index (χ4v) is 2.27. The van der Waals surface area contributed by atoms with Crippen LogP contribution in [0, 0.1) is 0 Å². The summed E-state index contributed by atoms with van der Waals surface area (Å²) in [6.07, 6.45) is 2.02. The Labute approximate surface area is 80.4 Å². The lowest BCUT2D eigenvalue weighted by molar-refractivity contribution is -0.120. The van der Waals surface area contributed by atoms with Crippen LogP contribution in [-0.4, -0.2) is 22.1 Å². The van der Waals surface area contributed by atoms with Gasteiger partial charge in [-0.3, -0.25) is 4.79 Å². The lowest BCUT2D eigenvalue weighted by Crippen LogP contribution is -2.42. The lowest BCUT2D eigenvalue weighted by Gasteiger charge is -2.33. The van der Waals surface area contributed by atoms with Crippen LogP contribution in [0.1, 0.15) is 30.7 Å². The first-order chi connectivity index (χ1) is 6.25. The first kappa shape index (κ1) is 8.62. The van der Waals surface area contributed by atoms with Gasteiger partial charge in [-0.15, -0.1) is 21.5 Å². The highest BCUT2D eigenvalue weighted by Gasteiger charge is 2.32. The van der Waals surface area contributed by atoms with Crippen LogP contribution in [0.2, 0.25) is 0 Å². The summed E-state index contributed by atoms with van der Waals surface area (Å²) in [4.78, 5) is 10.7. The van der Waals surface area contributed by atoms with Gasteiger partial charge in [-0.05, 0) is 12.8 Å². The van der Waals surface area contributed by atoms with Gasteiger partial charge in [0.05, 0.1) is 0 Å². The van der Waals surface area contributed by atoms with Crippen molar-refractivity contribution < 1.29 is 4.79 Å². The topological polar surface area (TPSA) is 54.9 Å². The van der Waals surface area contributed by atoms with Gasteiger partial charge in [0.1, 0.15) is 10.5 Å². The van der Waals surface area contributed by atoms with Crippen LogP contribution in [0.15, 0.2) is 5.51 Å². The second kappa shape index (κ2) is 3.41. The number of amides is 1. The van der Waals surface area contributed by atoms with E-state index >= 15 is 0 Å². The average molecular weight is 197 g/mol. The monoisotopic (exact) mass is 197 g/mol. The Hall–Kier alpha value is -0.970. The zero-order valence-corrected chi connectivity index (χ0v) is 8.17. The van der Waals surface area contributed by atoms with Crippen LogP contribution in [0.5, 0.6) is 0 Å². The molecule has 13 heavy (non-hydrogen) atoms. The van der Waals surface area contributed by atoms with Crippen molar-refractivity contribution in [1.29, 1.82) is 0 Å². The van der Waals surface area contributed by atoms with Crippen LogP contribution in [0.25, 0.3) is 0 Å². The Morgan fingerprint density at radius 2 is 2.46 bits per heavy atom. The van der Waals surface area contributed by atoms with Gasteiger partial charge in [0, 0.05) is 18.9 Å². The molecule has 1 fully saturated rings. The molecule has 1 aromatic rings. The maximum atomic E-state index is 10.7. The molecular formula is C8H11N3OS. The second-order valence-corrected chi connectivity index (χ2v) is 4.21. The molecular weight excluding hydrogens is 186 g/mol. The van der Waals surface area contributed by atoms with E-state index in [1.165, 1.54) is 0 Å². The van der Waals surface area contributed by atoms with Gasteiger partial charge in [0.25, 0.3) is 0 Å². The smallest absolute Gasteiger partial charge is 0.217 e. The Bertz CT molecular complexity index is 292. The Balaban J connectivity index is 1.82. The molecule has 1 N–H and O–H groups in total. The van der Waals surface area contributed by atoms with E-state index in [1.807, 2.05) is 0 Å². The highest BCUT2D eigenvalue weighted by atomic mass is 32.1. The number of hydrogen-bond acceptors (Lipinski definition) is 4. The lowest BCUT2D eigenvalue weighted by atomic mass is 9.81. The highest BCUT2D eigenvalue weighted by Crippen LogP contribution is 2.37. The van der Waals surface area contributed by atoms with Gasteiger partial charge < -0.3 is 5.32 Å². The normalized spacial score (nSPS) is 26.5. The zero-order chi connectivity index (χ0) is 9.26. The van der Waals surface area contributed by atoms with E-state index in [2.05, 4.69) is 15.5 Å². The number of hydrogen-bond donors (Lipinski definition) is 1. The van der Waals surface area contributed by atoms with Crippen molar-refractivity contribution in [2.45, 2.75) is 31.7 Å². The maximum Gasteiger partial charge on any atom is 0.217 e. The van der Waals surface area contributed by atoms with Crippen molar-refractivity contribution in [3.8, 4) is 0 Å². The molecule has 1 aliphatic carbocycles. The average Bonchev–Trinajstić information content (AvgIpc) is 2.46. The van der Waals surface area contributed by atoms with Crippen molar-refractivity contribution in [2.24, 2.45) is 0 Å². The molecule has 0 unspecified atom stereocenters. The van der Waals surface area contributed by atoms with E-state index in [9.17, 15) is 4.79 Å². The molecule has 0 spiro atoms. The molecule has 0 saturated heterocycles. The number of nitrogens with one attached hydrogen (secondary N) is 1. The predicted molar refractivity (Wildman–Crippen MR) is 49.5 cm³/mol. The third kappa shape index (κ3) is 1.85. The standard InChI is InChI=1S/C8H11N3OS/c1-5(12)10-7-2-6(3-7)8-11-9-4-13-8/h4,6-7H,2-3H2,1H3,(H,10,12)/t6-,7-. The molecule has 0 atom stereocenters. The molecule has 1 aliphatic rings. The molecule has 1 aromatic heterocycles. The van der Waals surface area contributed by atoms with E-state index in [4.69, 9.17) is 0 Å². The van der Waals surface area contributed by atoms with Crippen molar-refractivity contribution in [1.82, 2.24) is 15.5 Å². The molecule has 2 rings (SSSR count). The minimum absolute atomic E-state index is 0.0562. The number of carbonyl (C=O) groups excluding carboxylic acids is 1. The minimum atomic E-state index is 0.0562.